The molecule has 19 heavy (non-hydrogen) atoms. The van der Waals surface area contributed by atoms with Gasteiger partial charge in [0.25, 0.3) is 0 Å². The van der Waals surface area contributed by atoms with Gasteiger partial charge in [0, 0.05) is 5.54 Å². The summed E-state index contributed by atoms with van der Waals surface area (Å²) in [5, 5.41) is 0. The third kappa shape index (κ3) is 2.38. The van der Waals surface area contributed by atoms with Gasteiger partial charge in [0.2, 0.25) is 0 Å². The van der Waals surface area contributed by atoms with Crippen LogP contribution >= 0.6 is 0 Å². The quantitative estimate of drug-likeness (QED) is 0.891. The number of hydrogen-bond acceptors (Lipinski definition) is 2. The minimum atomic E-state index is -0.0813. The van der Waals surface area contributed by atoms with E-state index in [2.05, 4.69) is 24.3 Å². The van der Waals surface area contributed by atoms with E-state index in [9.17, 15) is 0 Å². The first-order chi connectivity index (χ1) is 9.16. The molecule has 2 nitrogen and oxygen atoms in total. The molecule has 0 unspecified atom stereocenters. The largest absolute Gasteiger partial charge is 0.494 e. The van der Waals surface area contributed by atoms with Crippen LogP contribution in [0.5, 0.6) is 5.75 Å². The van der Waals surface area contributed by atoms with Gasteiger partial charge in [-0.3, -0.25) is 0 Å². The van der Waals surface area contributed by atoms with Crippen molar-refractivity contribution < 1.29 is 4.74 Å². The average Bonchev–Trinajstić information content (AvgIpc) is 2.39. The van der Waals surface area contributed by atoms with Crippen LogP contribution in [-0.2, 0) is 5.54 Å². The van der Waals surface area contributed by atoms with Gasteiger partial charge < -0.3 is 10.5 Å². The van der Waals surface area contributed by atoms with Crippen LogP contribution in [0, 0.1) is 5.41 Å². The Bertz CT molecular complexity index is 423. The maximum absolute atomic E-state index is 6.61. The summed E-state index contributed by atoms with van der Waals surface area (Å²) in [5.74, 6) is 0.946. The lowest BCUT2D eigenvalue weighted by atomic mass is 9.51. The van der Waals surface area contributed by atoms with Crippen molar-refractivity contribution in [1.29, 1.82) is 0 Å². The summed E-state index contributed by atoms with van der Waals surface area (Å²) in [6.07, 6.45) is 9.36. The van der Waals surface area contributed by atoms with E-state index in [-0.39, 0.29) is 5.54 Å². The summed E-state index contributed by atoms with van der Waals surface area (Å²) in [7, 11) is 0. The maximum Gasteiger partial charge on any atom is 0.119 e. The molecule has 1 aromatic rings. The topological polar surface area (TPSA) is 35.2 Å². The molecule has 0 heterocycles. The van der Waals surface area contributed by atoms with Gasteiger partial charge >= 0.3 is 0 Å². The number of benzene rings is 1. The fourth-order valence-corrected chi connectivity index (χ4v) is 4.20. The Labute approximate surface area is 116 Å². The number of hydrogen-bond donors (Lipinski definition) is 1. The summed E-state index contributed by atoms with van der Waals surface area (Å²) < 4.78 is 5.49. The Morgan fingerprint density at radius 3 is 2.26 bits per heavy atom. The monoisotopic (exact) mass is 259 g/mol. The maximum atomic E-state index is 6.61. The van der Waals surface area contributed by atoms with E-state index in [0.29, 0.717) is 5.41 Å². The van der Waals surface area contributed by atoms with E-state index in [1.807, 2.05) is 6.92 Å². The van der Waals surface area contributed by atoms with Gasteiger partial charge in [-0.2, -0.15) is 0 Å². The van der Waals surface area contributed by atoms with Crippen molar-refractivity contribution in [3.05, 3.63) is 29.8 Å². The second kappa shape index (κ2) is 4.82. The number of rotatable bonds is 3. The molecule has 0 amide bonds. The van der Waals surface area contributed by atoms with Gasteiger partial charge in [0.05, 0.1) is 6.61 Å². The van der Waals surface area contributed by atoms with Gasteiger partial charge in [0.1, 0.15) is 5.75 Å². The van der Waals surface area contributed by atoms with Crippen LogP contribution in [-0.4, -0.2) is 6.61 Å². The van der Waals surface area contributed by atoms with Gasteiger partial charge in [-0.05, 0) is 55.7 Å². The minimum absolute atomic E-state index is 0.0813. The van der Waals surface area contributed by atoms with Gasteiger partial charge in [-0.25, -0.2) is 0 Å². The first kappa shape index (κ1) is 13.0. The minimum Gasteiger partial charge on any atom is -0.494 e. The molecule has 0 atom stereocenters. The lowest BCUT2D eigenvalue weighted by Gasteiger charge is -2.57. The van der Waals surface area contributed by atoms with Gasteiger partial charge in [0.15, 0.2) is 0 Å². The second-order valence-corrected chi connectivity index (χ2v) is 6.53. The smallest absolute Gasteiger partial charge is 0.119 e. The molecular weight excluding hydrogens is 234 g/mol. The summed E-state index contributed by atoms with van der Waals surface area (Å²) >= 11 is 0. The third-order valence-corrected chi connectivity index (χ3v) is 5.04. The average molecular weight is 259 g/mol. The summed E-state index contributed by atoms with van der Waals surface area (Å²) in [6.45, 7) is 2.73. The Kier molecular flexibility index (Phi) is 3.30. The van der Waals surface area contributed by atoms with Gasteiger partial charge in [-0.1, -0.05) is 31.4 Å². The van der Waals surface area contributed by atoms with Crippen LogP contribution in [0.25, 0.3) is 0 Å². The second-order valence-electron chi connectivity index (χ2n) is 6.53. The Balaban J connectivity index is 1.69. The molecule has 2 heteroatoms. The zero-order chi connectivity index (χ0) is 13.3. The van der Waals surface area contributed by atoms with E-state index in [4.69, 9.17) is 10.5 Å². The van der Waals surface area contributed by atoms with Crippen molar-refractivity contribution in [3.8, 4) is 5.75 Å². The van der Waals surface area contributed by atoms with Crippen LogP contribution in [0.2, 0.25) is 0 Å². The van der Waals surface area contributed by atoms with E-state index in [1.54, 1.807) is 0 Å². The summed E-state index contributed by atoms with van der Waals surface area (Å²) in [4.78, 5) is 0. The van der Waals surface area contributed by atoms with Crippen LogP contribution < -0.4 is 10.5 Å². The highest BCUT2D eigenvalue weighted by Gasteiger charge is 2.52. The van der Waals surface area contributed by atoms with Gasteiger partial charge in [-0.15, -0.1) is 0 Å². The van der Waals surface area contributed by atoms with Crippen molar-refractivity contribution in [1.82, 2.24) is 0 Å². The van der Waals surface area contributed by atoms with Crippen LogP contribution in [0.3, 0.4) is 0 Å². The zero-order valence-corrected chi connectivity index (χ0v) is 12.0. The normalized spacial score (nSPS) is 23.9. The highest BCUT2D eigenvalue weighted by Crippen LogP contribution is 2.59. The van der Waals surface area contributed by atoms with Crippen LogP contribution in [0.4, 0.5) is 0 Å². The fraction of sp³-hybridized carbons (Fsp3) is 0.647. The van der Waals surface area contributed by atoms with Crippen molar-refractivity contribution in [3.63, 3.8) is 0 Å². The van der Waals surface area contributed by atoms with Crippen LogP contribution in [0.1, 0.15) is 57.4 Å². The zero-order valence-electron chi connectivity index (χ0n) is 12.0. The SMILES string of the molecule is CCOc1ccc(C2(N)CC3(CCCCC3)C2)cc1. The van der Waals surface area contributed by atoms with E-state index < -0.39 is 0 Å². The Morgan fingerprint density at radius 1 is 1.05 bits per heavy atom. The van der Waals surface area contributed by atoms with Crippen molar-refractivity contribution in [2.75, 3.05) is 6.61 Å². The molecule has 0 bridgehead atoms. The molecule has 0 radical (unpaired) electrons. The fourth-order valence-electron chi connectivity index (χ4n) is 4.20. The summed E-state index contributed by atoms with van der Waals surface area (Å²) in [6, 6.07) is 8.42. The molecule has 104 valence electrons. The van der Waals surface area contributed by atoms with Crippen LogP contribution in [0.15, 0.2) is 24.3 Å². The highest BCUT2D eigenvalue weighted by molar-refractivity contribution is 5.34. The molecule has 0 aliphatic heterocycles. The molecule has 2 saturated carbocycles. The molecule has 2 N–H and O–H groups in total. The molecule has 1 aromatic carbocycles. The molecule has 0 aromatic heterocycles. The lowest BCUT2D eigenvalue weighted by Crippen LogP contribution is -2.56. The summed E-state index contributed by atoms with van der Waals surface area (Å²) in [5.41, 5.74) is 8.39. The Morgan fingerprint density at radius 2 is 1.68 bits per heavy atom. The standard InChI is InChI=1S/C17H25NO/c1-2-19-15-8-6-14(7-9-15)17(18)12-16(13-17)10-4-3-5-11-16/h6-9H,2-5,10-13,18H2,1H3. The van der Waals surface area contributed by atoms with E-state index in [1.165, 1.54) is 50.5 Å². The van der Waals surface area contributed by atoms with E-state index in [0.717, 1.165) is 12.4 Å². The highest BCUT2D eigenvalue weighted by atomic mass is 16.5. The van der Waals surface area contributed by atoms with Crippen molar-refractivity contribution >= 4 is 0 Å². The predicted molar refractivity (Wildman–Crippen MR) is 78.2 cm³/mol. The third-order valence-electron chi connectivity index (χ3n) is 5.04. The molecule has 2 aliphatic carbocycles. The van der Waals surface area contributed by atoms with E-state index >= 15 is 0 Å². The first-order valence-electron chi connectivity index (χ1n) is 7.68. The first-order valence-corrected chi connectivity index (χ1v) is 7.68. The van der Waals surface area contributed by atoms with Crippen molar-refractivity contribution in [2.24, 2.45) is 11.1 Å². The number of nitrogens with two attached hydrogens (primary N) is 1. The molecule has 1 spiro atoms. The number of ether oxygens (including phenoxy) is 1. The van der Waals surface area contributed by atoms with Crippen molar-refractivity contribution in [2.45, 2.75) is 57.4 Å². The Hall–Kier alpha value is -1.02. The lowest BCUT2D eigenvalue weighted by molar-refractivity contribution is -0.00991. The molecule has 2 fully saturated rings. The molecule has 2 aliphatic rings. The predicted octanol–water partition coefficient (Wildman–Crippen LogP) is 3.98. The molecule has 0 saturated heterocycles. The molecular formula is C17H25NO. The molecule has 3 rings (SSSR count).